The van der Waals surface area contributed by atoms with Gasteiger partial charge in [-0.2, -0.15) is 0 Å². The molecule has 168 valence electrons. The second kappa shape index (κ2) is 12.4. The molecule has 0 aromatic heterocycles. The van der Waals surface area contributed by atoms with Crippen molar-refractivity contribution in [2.45, 2.75) is 44.2 Å². The second-order valence-electron chi connectivity index (χ2n) is 7.43. The average Bonchev–Trinajstić information content (AvgIpc) is 3.26. The summed E-state index contributed by atoms with van der Waals surface area (Å²) in [6.45, 7) is 2.41. The van der Waals surface area contributed by atoms with E-state index in [1.165, 1.54) is 17.1 Å². The minimum absolute atomic E-state index is 0.102. The van der Waals surface area contributed by atoms with E-state index in [0.717, 1.165) is 0 Å². The lowest BCUT2D eigenvalue weighted by Gasteiger charge is -2.24. The van der Waals surface area contributed by atoms with E-state index in [9.17, 15) is 19.2 Å². The van der Waals surface area contributed by atoms with Crippen LogP contribution in [0.5, 0.6) is 0 Å². The van der Waals surface area contributed by atoms with Gasteiger partial charge in [0.15, 0.2) is 0 Å². The third kappa shape index (κ3) is 7.19. The van der Waals surface area contributed by atoms with Gasteiger partial charge in [-0.05, 0) is 19.3 Å². The van der Waals surface area contributed by atoms with Crippen molar-refractivity contribution in [3.8, 4) is 0 Å². The number of hydrogen-bond donors (Lipinski definition) is 2. The fourth-order valence-electron chi connectivity index (χ4n) is 3.52. The van der Waals surface area contributed by atoms with Crippen LogP contribution in [-0.4, -0.2) is 92.1 Å². The number of carbonyl (C=O) groups excluding carboxylic acids is 4. The van der Waals surface area contributed by atoms with Crippen molar-refractivity contribution in [3.63, 3.8) is 0 Å². The maximum absolute atomic E-state index is 12.6. The largest absolute Gasteiger partial charge is 0.382 e. The number of unbranched alkanes of at least 4 members (excludes halogenated alkanes) is 2. The molecule has 2 atom stereocenters. The van der Waals surface area contributed by atoms with Gasteiger partial charge >= 0.3 is 0 Å². The third-order valence-electron chi connectivity index (χ3n) is 5.11. The van der Waals surface area contributed by atoms with Gasteiger partial charge in [0.1, 0.15) is 6.04 Å². The zero-order chi connectivity index (χ0) is 21.9. The molecule has 0 radical (unpaired) electrons. The summed E-state index contributed by atoms with van der Waals surface area (Å²) >= 11 is 0. The molecule has 2 unspecified atom stereocenters. The summed E-state index contributed by atoms with van der Waals surface area (Å²) in [5, 5.41) is 2.79. The number of rotatable bonds is 13. The minimum atomic E-state index is -0.558. The molecule has 2 aliphatic heterocycles. The van der Waals surface area contributed by atoms with E-state index < -0.39 is 6.04 Å². The standard InChI is InChI=1S/C20H32N4O6/c1-29-11-12-30-10-8-22-20(28)16-13-15(21)14-24(16)17(25)5-3-2-4-9-23-18(26)6-7-19(23)27/h6-7,15-16H,2-5,8-14,21H2,1H3,(H,22,28). The van der Waals surface area contributed by atoms with Crippen LogP contribution >= 0.6 is 0 Å². The van der Waals surface area contributed by atoms with E-state index in [-0.39, 0.29) is 29.7 Å². The Morgan fingerprint density at radius 2 is 1.87 bits per heavy atom. The Bertz CT molecular complexity index is 635. The monoisotopic (exact) mass is 424 g/mol. The van der Waals surface area contributed by atoms with Crippen LogP contribution in [0.25, 0.3) is 0 Å². The van der Waals surface area contributed by atoms with Crippen molar-refractivity contribution in [1.29, 1.82) is 0 Å². The molecule has 2 aliphatic rings. The molecule has 30 heavy (non-hydrogen) atoms. The first-order valence-corrected chi connectivity index (χ1v) is 10.4. The summed E-state index contributed by atoms with van der Waals surface area (Å²) in [5.41, 5.74) is 5.99. The maximum atomic E-state index is 12.6. The first-order chi connectivity index (χ1) is 14.4. The number of ether oxygens (including phenoxy) is 2. The normalized spacial score (nSPS) is 21.0. The van der Waals surface area contributed by atoms with Gasteiger partial charge in [-0.25, -0.2) is 0 Å². The van der Waals surface area contributed by atoms with Gasteiger partial charge < -0.3 is 25.4 Å². The zero-order valence-corrected chi connectivity index (χ0v) is 17.5. The number of nitrogens with one attached hydrogen (secondary N) is 1. The molecular formula is C20H32N4O6. The van der Waals surface area contributed by atoms with Gasteiger partial charge in [0.25, 0.3) is 11.8 Å². The molecule has 0 spiro atoms. The van der Waals surface area contributed by atoms with Crippen LogP contribution in [0.1, 0.15) is 32.1 Å². The Morgan fingerprint density at radius 3 is 2.57 bits per heavy atom. The van der Waals surface area contributed by atoms with Gasteiger partial charge in [-0.3, -0.25) is 24.1 Å². The Hall–Kier alpha value is -2.30. The third-order valence-corrected chi connectivity index (χ3v) is 5.11. The topological polar surface area (TPSA) is 131 Å². The number of likely N-dealkylation sites (tertiary alicyclic amines) is 1. The molecule has 0 aliphatic carbocycles. The Morgan fingerprint density at radius 1 is 1.13 bits per heavy atom. The number of nitrogens with zero attached hydrogens (tertiary/aromatic N) is 2. The molecule has 1 fully saturated rings. The van der Waals surface area contributed by atoms with Crippen molar-refractivity contribution in [3.05, 3.63) is 12.2 Å². The molecule has 0 aromatic carbocycles. The van der Waals surface area contributed by atoms with E-state index in [0.29, 0.717) is 71.6 Å². The minimum Gasteiger partial charge on any atom is -0.382 e. The molecular weight excluding hydrogens is 392 g/mol. The molecule has 10 nitrogen and oxygen atoms in total. The molecule has 0 saturated carbocycles. The van der Waals surface area contributed by atoms with Gasteiger partial charge in [-0.15, -0.1) is 0 Å². The van der Waals surface area contributed by atoms with Crippen molar-refractivity contribution in [2.75, 3.05) is 46.6 Å². The highest BCUT2D eigenvalue weighted by Crippen LogP contribution is 2.19. The van der Waals surface area contributed by atoms with E-state index >= 15 is 0 Å². The predicted octanol–water partition coefficient (Wildman–Crippen LogP) is -0.821. The predicted molar refractivity (Wildman–Crippen MR) is 108 cm³/mol. The number of carbonyl (C=O) groups is 4. The first kappa shape index (κ1) is 24.0. The van der Waals surface area contributed by atoms with Gasteiger partial charge in [-0.1, -0.05) is 6.42 Å². The van der Waals surface area contributed by atoms with Crippen molar-refractivity contribution >= 4 is 23.6 Å². The first-order valence-electron chi connectivity index (χ1n) is 10.4. The average molecular weight is 424 g/mol. The fraction of sp³-hybridized carbons (Fsp3) is 0.700. The lowest BCUT2D eigenvalue weighted by molar-refractivity contribution is -0.138. The van der Waals surface area contributed by atoms with Gasteiger partial charge in [0.2, 0.25) is 11.8 Å². The van der Waals surface area contributed by atoms with Crippen molar-refractivity contribution in [1.82, 2.24) is 15.1 Å². The van der Waals surface area contributed by atoms with Crippen LogP contribution in [0.4, 0.5) is 0 Å². The van der Waals surface area contributed by atoms with Crippen LogP contribution in [0.3, 0.4) is 0 Å². The fourth-order valence-corrected chi connectivity index (χ4v) is 3.52. The van der Waals surface area contributed by atoms with Crippen LogP contribution in [0, 0.1) is 0 Å². The summed E-state index contributed by atoms with van der Waals surface area (Å²) in [6.07, 6.45) is 5.23. The number of hydrogen-bond acceptors (Lipinski definition) is 7. The van der Waals surface area contributed by atoms with Crippen molar-refractivity contribution in [2.24, 2.45) is 5.73 Å². The number of nitrogens with two attached hydrogens (primary N) is 1. The summed E-state index contributed by atoms with van der Waals surface area (Å²) in [4.78, 5) is 50.8. The highest BCUT2D eigenvalue weighted by molar-refractivity contribution is 6.12. The number of methoxy groups -OCH3 is 1. The molecule has 4 amide bonds. The zero-order valence-electron chi connectivity index (χ0n) is 17.5. The van der Waals surface area contributed by atoms with Crippen LogP contribution in [-0.2, 0) is 28.7 Å². The summed E-state index contributed by atoms with van der Waals surface area (Å²) < 4.78 is 10.2. The van der Waals surface area contributed by atoms with E-state index in [1.54, 1.807) is 12.0 Å². The molecule has 2 rings (SSSR count). The van der Waals surface area contributed by atoms with E-state index in [4.69, 9.17) is 15.2 Å². The highest BCUT2D eigenvalue weighted by Gasteiger charge is 2.37. The summed E-state index contributed by atoms with van der Waals surface area (Å²) in [5.74, 6) is -0.903. The van der Waals surface area contributed by atoms with E-state index in [2.05, 4.69) is 5.32 Å². The number of amides is 4. The highest BCUT2D eigenvalue weighted by atomic mass is 16.5. The van der Waals surface area contributed by atoms with Crippen molar-refractivity contribution < 1.29 is 28.7 Å². The smallest absolute Gasteiger partial charge is 0.253 e. The Balaban J connectivity index is 1.66. The number of imide groups is 1. The van der Waals surface area contributed by atoms with Gasteiger partial charge in [0.05, 0.1) is 19.8 Å². The van der Waals surface area contributed by atoms with Gasteiger partial charge in [0, 0.05) is 51.4 Å². The Kier molecular flexibility index (Phi) is 9.92. The molecule has 10 heteroatoms. The van der Waals surface area contributed by atoms with Crippen LogP contribution < -0.4 is 11.1 Å². The lowest BCUT2D eigenvalue weighted by Crippen LogP contribution is -2.46. The lowest BCUT2D eigenvalue weighted by atomic mass is 10.1. The SMILES string of the molecule is COCCOCCNC(=O)C1CC(N)CN1C(=O)CCCCCN1C(=O)C=CC1=O. The maximum Gasteiger partial charge on any atom is 0.253 e. The second-order valence-corrected chi connectivity index (χ2v) is 7.43. The molecule has 0 bridgehead atoms. The molecule has 1 saturated heterocycles. The molecule has 2 heterocycles. The molecule has 0 aromatic rings. The summed E-state index contributed by atoms with van der Waals surface area (Å²) in [7, 11) is 1.59. The quantitative estimate of drug-likeness (QED) is 0.292. The van der Waals surface area contributed by atoms with Crippen LogP contribution in [0.15, 0.2) is 12.2 Å². The van der Waals surface area contributed by atoms with Crippen LogP contribution in [0.2, 0.25) is 0 Å². The van der Waals surface area contributed by atoms with E-state index in [1.807, 2.05) is 0 Å². The summed E-state index contributed by atoms with van der Waals surface area (Å²) in [6, 6.07) is -0.778. The Labute approximate surface area is 176 Å². The molecule has 3 N–H and O–H groups in total.